The van der Waals surface area contributed by atoms with Crippen LogP contribution in [0, 0.1) is 13.8 Å². The molecule has 0 aromatic carbocycles. The summed E-state index contributed by atoms with van der Waals surface area (Å²) in [6.45, 7) is 5.03. The number of furan rings is 1. The van der Waals surface area contributed by atoms with Crippen molar-refractivity contribution in [1.29, 1.82) is 0 Å². The summed E-state index contributed by atoms with van der Waals surface area (Å²) in [4.78, 5) is 6.69. The van der Waals surface area contributed by atoms with Gasteiger partial charge < -0.3 is 19.2 Å². The first-order valence-corrected chi connectivity index (χ1v) is 9.10. The van der Waals surface area contributed by atoms with Crippen LogP contribution in [-0.2, 0) is 6.54 Å². The first-order valence-electron chi connectivity index (χ1n) is 8.69. The molecule has 0 unspecified atom stereocenters. The third-order valence-electron chi connectivity index (χ3n) is 5.16. The van der Waals surface area contributed by atoms with Crippen molar-refractivity contribution in [2.75, 3.05) is 7.05 Å². The molecular weight excluding hydrogens is 344 g/mol. The molecule has 1 aliphatic heterocycles. The maximum Gasteiger partial charge on any atom is 0.169 e. The first kappa shape index (κ1) is 16.8. The van der Waals surface area contributed by atoms with Crippen LogP contribution in [0.4, 0.5) is 0 Å². The Balaban J connectivity index is 1.74. The largest absolute Gasteiger partial charge is 0.467 e. The fraction of sp³-hybridized carbons (Fsp3) is 0.300. The minimum absolute atomic E-state index is 0.0336. The predicted octanol–water partition coefficient (Wildman–Crippen LogP) is 3.74. The van der Waals surface area contributed by atoms with Crippen molar-refractivity contribution in [3.63, 3.8) is 0 Å². The average molecular weight is 366 g/mol. The van der Waals surface area contributed by atoms with Gasteiger partial charge >= 0.3 is 0 Å². The Hall–Kier alpha value is -2.60. The molecule has 0 saturated carbocycles. The third-order valence-corrected chi connectivity index (χ3v) is 5.57. The lowest BCUT2D eigenvalue weighted by Gasteiger charge is -2.24. The zero-order valence-electron chi connectivity index (χ0n) is 15.1. The molecule has 5 nitrogen and oxygen atoms in total. The molecule has 6 heteroatoms. The number of nitrogens with one attached hydrogen (secondary N) is 1. The number of likely N-dealkylation sites (N-methyl/N-ethyl adjacent to an activating group) is 1. The second kappa shape index (κ2) is 6.61. The summed E-state index contributed by atoms with van der Waals surface area (Å²) in [5.41, 5.74) is 4.70. The van der Waals surface area contributed by atoms with E-state index in [1.165, 1.54) is 17.0 Å². The van der Waals surface area contributed by atoms with Gasteiger partial charge in [-0.3, -0.25) is 4.98 Å². The summed E-state index contributed by atoms with van der Waals surface area (Å²) in [5.74, 6) is 0.952. The van der Waals surface area contributed by atoms with Crippen LogP contribution in [0.5, 0.6) is 0 Å². The van der Waals surface area contributed by atoms with Crippen molar-refractivity contribution in [3.05, 3.63) is 77.3 Å². The van der Waals surface area contributed by atoms with E-state index in [1.807, 2.05) is 37.5 Å². The monoisotopic (exact) mass is 366 g/mol. The Morgan fingerprint density at radius 3 is 2.77 bits per heavy atom. The van der Waals surface area contributed by atoms with Gasteiger partial charge in [-0.05, 0) is 62.0 Å². The average Bonchev–Trinajstić information content (AvgIpc) is 3.33. The summed E-state index contributed by atoms with van der Waals surface area (Å²) < 4.78 is 7.83. The lowest BCUT2D eigenvalue weighted by atomic mass is 9.97. The van der Waals surface area contributed by atoms with E-state index in [2.05, 4.69) is 45.7 Å². The van der Waals surface area contributed by atoms with Crippen LogP contribution in [0.2, 0.25) is 0 Å². The molecule has 0 bridgehead atoms. The van der Waals surface area contributed by atoms with Gasteiger partial charge in [0.2, 0.25) is 0 Å². The van der Waals surface area contributed by atoms with Gasteiger partial charge in [0.15, 0.2) is 5.11 Å². The summed E-state index contributed by atoms with van der Waals surface area (Å²) >= 11 is 5.54. The van der Waals surface area contributed by atoms with E-state index >= 15 is 0 Å². The molecule has 0 amide bonds. The molecule has 4 heterocycles. The van der Waals surface area contributed by atoms with Crippen molar-refractivity contribution in [1.82, 2.24) is 19.8 Å². The van der Waals surface area contributed by atoms with Crippen LogP contribution in [0.25, 0.3) is 0 Å². The van der Waals surface area contributed by atoms with E-state index in [9.17, 15) is 0 Å². The van der Waals surface area contributed by atoms with E-state index in [-0.39, 0.29) is 12.1 Å². The Kier molecular flexibility index (Phi) is 4.28. The first-order chi connectivity index (χ1) is 12.6. The Morgan fingerprint density at radius 1 is 1.23 bits per heavy atom. The number of aryl methyl sites for hydroxylation is 1. The molecule has 0 radical (unpaired) electrons. The molecule has 1 aliphatic rings. The fourth-order valence-corrected chi connectivity index (χ4v) is 4.02. The molecule has 26 heavy (non-hydrogen) atoms. The number of hydrogen-bond donors (Lipinski definition) is 1. The molecule has 1 N–H and O–H groups in total. The summed E-state index contributed by atoms with van der Waals surface area (Å²) in [7, 11) is 2.04. The SMILES string of the molecule is Cc1cc([C@H]2[C@@H](c3ccccn3)NC(=S)N2C)c(C)n1Cc1ccco1. The topological polar surface area (TPSA) is 46.2 Å². The van der Waals surface area contributed by atoms with Gasteiger partial charge in [-0.2, -0.15) is 0 Å². The molecule has 2 atom stereocenters. The van der Waals surface area contributed by atoms with Gasteiger partial charge in [0.25, 0.3) is 0 Å². The van der Waals surface area contributed by atoms with E-state index in [0.29, 0.717) is 0 Å². The normalized spacial score (nSPS) is 19.8. The minimum atomic E-state index is 0.0336. The minimum Gasteiger partial charge on any atom is -0.467 e. The molecule has 4 rings (SSSR count). The molecule has 1 saturated heterocycles. The zero-order chi connectivity index (χ0) is 18.3. The highest BCUT2D eigenvalue weighted by molar-refractivity contribution is 7.80. The van der Waals surface area contributed by atoms with Gasteiger partial charge in [0.1, 0.15) is 5.76 Å². The van der Waals surface area contributed by atoms with Crippen molar-refractivity contribution in [2.24, 2.45) is 0 Å². The summed E-state index contributed by atoms with van der Waals surface area (Å²) in [6.07, 6.45) is 3.55. The number of pyridine rings is 1. The van der Waals surface area contributed by atoms with E-state index in [1.54, 1.807) is 6.26 Å². The van der Waals surface area contributed by atoms with Gasteiger partial charge in [-0.1, -0.05) is 6.07 Å². The highest BCUT2D eigenvalue weighted by Crippen LogP contribution is 2.39. The number of aromatic nitrogens is 2. The van der Waals surface area contributed by atoms with Crippen LogP contribution in [0.3, 0.4) is 0 Å². The number of nitrogens with zero attached hydrogens (tertiary/aromatic N) is 3. The van der Waals surface area contributed by atoms with Crippen molar-refractivity contribution in [3.8, 4) is 0 Å². The van der Waals surface area contributed by atoms with Gasteiger partial charge in [-0.15, -0.1) is 0 Å². The maximum absolute atomic E-state index is 5.54. The highest BCUT2D eigenvalue weighted by Gasteiger charge is 2.39. The summed E-state index contributed by atoms with van der Waals surface area (Å²) in [5, 5.41) is 4.19. The van der Waals surface area contributed by atoms with Crippen LogP contribution in [0.1, 0.15) is 40.5 Å². The standard InChI is InChI=1S/C20H22N4OS/c1-13-11-16(14(2)24(13)12-15-7-6-10-25-15)19-18(22-20(26)23(19)3)17-8-4-5-9-21-17/h4-11,18-19H,12H2,1-3H3,(H,22,26)/t18-,19+/m1/s1. The van der Waals surface area contributed by atoms with E-state index < -0.39 is 0 Å². The predicted molar refractivity (Wildman–Crippen MR) is 105 cm³/mol. The molecule has 134 valence electrons. The smallest absolute Gasteiger partial charge is 0.169 e. The van der Waals surface area contributed by atoms with Crippen LogP contribution in [-0.4, -0.2) is 26.6 Å². The lowest BCUT2D eigenvalue weighted by molar-refractivity contribution is 0.366. The second-order valence-corrected chi connectivity index (χ2v) is 7.12. The van der Waals surface area contributed by atoms with Crippen LogP contribution < -0.4 is 5.32 Å². The Bertz CT molecular complexity index is 917. The van der Waals surface area contributed by atoms with E-state index in [4.69, 9.17) is 16.6 Å². The van der Waals surface area contributed by atoms with Crippen molar-refractivity contribution < 1.29 is 4.42 Å². The molecule has 3 aromatic heterocycles. The quantitative estimate of drug-likeness (QED) is 0.713. The molecule has 3 aromatic rings. The molecular formula is C20H22N4OS. The number of hydrogen-bond acceptors (Lipinski definition) is 3. The van der Waals surface area contributed by atoms with Gasteiger partial charge in [-0.25, -0.2) is 0 Å². The second-order valence-electron chi connectivity index (χ2n) is 6.73. The maximum atomic E-state index is 5.54. The Labute approximate surface area is 158 Å². The molecule has 1 fully saturated rings. The lowest BCUT2D eigenvalue weighted by Crippen LogP contribution is -2.25. The number of rotatable bonds is 4. The molecule has 0 aliphatic carbocycles. The number of thiocarbonyl (C=S) groups is 1. The van der Waals surface area contributed by atoms with Crippen molar-refractivity contribution in [2.45, 2.75) is 32.5 Å². The zero-order valence-corrected chi connectivity index (χ0v) is 16.0. The summed E-state index contributed by atoms with van der Waals surface area (Å²) in [6, 6.07) is 12.3. The van der Waals surface area contributed by atoms with Crippen molar-refractivity contribution >= 4 is 17.3 Å². The Morgan fingerprint density at radius 2 is 2.08 bits per heavy atom. The fourth-order valence-electron chi connectivity index (χ4n) is 3.78. The van der Waals surface area contributed by atoms with E-state index in [0.717, 1.165) is 23.1 Å². The van der Waals surface area contributed by atoms with Gasteiger partial charge in [0.05, 0.1) is 30.6 Å². The highest BCUT2D eigenvalue weighted by atomic mass is 32.1. The van der Waals surface area contributed by atoms with Crippen LogP contribution >= 0.6 is 12.2 Å². The molecule has 0 spiro atoms. The van der Waals surface area contributed by atoms with Crippen LogP contribution in [0.15, 0.2) is 53.3 Å². The van der Waals surface area contributed by atoms with Gasteiger partial charge in [0, 0.05) is 24.6 Å². The third kappa shape index (κ3) is 2.80.